The lowest BCUT2D eigenvalue weighted by molar-refractivity contribution is -0.146. The average Bonchev–Trinajstić information content (AvgIpc) is 2.43. The Kier molecular flexibility index (Phi) is 6.71. The van der Waals surface area contributed by atoms with E-state index >= 15 is 0 Å². The number of amides is 2. The molecule has 0 aromatic rings. The molecule has 1 rings (SSSR count). The Morgan fingerprint density at radius 3 is 2.23 bits per heavy atom. The number of likely N-dealkylation sites (N-methyl/N-ethyl adjacent to an activating group) is 1. The van der Waals surface area contributed by atoms with Crippen LogP contribution in [-0.2, 0) is 14.4 Å². The van der Waals surface area contributed by atoms with Crippen molar-refractivity contribution in [1.82, 2.24) is 9.80 Å². The first-order valence-corrected chi connectivity index (χ1v) is 8.47. The highest BCUT2D eigenvalue weighted by Crippen LogP contribution is 2.23. The lowest BCUT2D eigenvalue weighted by Crippen LogP contribution is -2.45. The standard InChI is InChI=1S/C15H26N2O4S/c1-15(2,3)22-10-13(19)16(4)9-12(18)17-7-5-11(6-8-17)14(20)21/h11H,5-10H2,1-4H3,(H,20,21). The number of piperidine rings is 1. The van der Waals surface area contributed by atoms with Crippen molar-refractivity contribution in [3.05, 3.63) is 0 Å². The summed E-state index contributed by atoms with van der Waals surface area (Å²) in [6, 6.07) is 0. The van der Waals surface area contributed by atoms with Crippen molar-refractivity contribution in [2.75, 3.05) is 32.4 Å². The number of aliphatic carboxylic acids is 1. The molecule has 7 heteroatoms. The number of carboxylic acids is 1. The number of thioether (sulfide) groups is 1. The Morgan fingerprint density at radius 2 is 1.77 bits per heavy atom. The molecule has 2 amide bonds. The Morgan fingerprint density at radius 1 is 1.23 bits per heavy atom. The fraction of sp³-hybridized carbons (Fsp3) is 0.800. The minimum atomic E-state index is -0.793. The maximum absolute atomic E-state index is 12.2. The maximum Gasteiger partial charge on any atom is 0.306 e. The van der Waals surface area contributed by atoms with Gasteiger partial charge in [0.15, 0.2) is 0 Å². The van der Waals surface area contributed by atoms with E-state index in [0.29, 0.717) is 31.7 Å². The average molecular weight is 330 g/mol. The van der Waals surface area contributed by atoms with E-state index in [1.54, 1.807) is 23.7 Å². The normalized spacial score (nSPS) is 16.5. The Bertz CT molecular complexity index is 426. The molecule has 6 nitrogen and oxygen atoms in total. The van der Waals surface area contributed by atoms with Gasteiger partial charge in [0.25, 0.3) is 0 Å². The molecule has 0 unspecified atom stereocenters. The van der Waals surface area contributed by atoms with E-state index < -0.39 is 5.97 Å². The van der Waals surface area contributed by atoms with Crippen LogP contribution in [0.25, 0.3) is 0 Å². The largest absolute Gasteiger partial charge is 0.481 e. The first kappa shape index (κ1) is 18.8. The molecule has 0 bridgehead atoms. The van der Waals surface area contributed by atoms with E-state index in [9.17, 15) is 14.4 Å². The summed E-state index contributed by atoms with van der Waals surface area (Å²) in [6.07, 6.45) is 0.969. The van der Waals surface area contributed by atoms with Gasteiger partial charge in [0.2, 0.25) is 11.8 Å². The molecule has 0 aromatic heterocycles. The second kappa shape index (κ2) is 7.85. The van der Waals surface area contributed by atoms with Gasteiger partial charge in [-0.05, 0) is 12.8 Å². The van der Waals surface area contributed by atoms with Gasteiger partial charge in [0.1, 0.15) is 0 Å². The number of nitrogens with zero attached hydrogens (tertiary/aromatic N) is 2. The molecule has 1 saturated heterocycles. The minimum absolute atomic E-state index is 0.0131. The molecule has 1 heterocycles. The molecule has 0 aliphatic carbocycles. The summed E-state index contributed by atoms with van der Waals surface area (Å²) in [5.41, 5.74) is 0. The molecular formula is C15H26N2O4S. The summed E-state index contributed by atoms with van der Waals surface area (Å²) >= 11 is 1.55. The maximum atomic E-state index is 12.2. The van der Waals surface area contributed by atoms with Gasteiger partial charge in [0, 0.05) is 24.9 Å². The van der Waals surface area contributed by atoms with Crippen LogP contribution in [0.3, 0.4) is 0 Å². The molecule has 0 radical (unpaired) electrons. The van der Waals surface area contributed by atoms with Gasteiger partial charge in [0.05, 0.1) is 18.2 Å². The zero-order valence-electron chi connectivity index (χ0n) is 13.8. The van der Waals surface area contributed by atoms with Gasteiger partial charge in [-0.15, -0.1) is 11.8 Å². The SMILES string of the molecule is CN(CC(=O)N1CCC(C(=O)O)CC1)C(=O)CSC(C)(C)C. The quantitative estimate of drug-likeness (QED) is 0.822. The summed E-state index contributed by atoms with van der Waals surface area (Å²) in [6.45, 7) is 7.10. The number of hydrogen-bond donors (Lipinski definition) is 1. The molecule has 0 aromatic carbocycles. The Balaban J connectivity index is 2.38. The number of carbonyl (C=O) groups is 3. The summed E-state index contributed by atoms with van der Waals surface area (Å²) in [5.74, 6) is -0.965. The third-order valence-electron chi connectivity index (χ3n) is 3.62. The van der Waals surface area contributed by atoms with Crippen LogP contribution >= 0.6 is 11.8 Å². The topological polar surface area (TPSA) is 77.9 Å². The van der Waals surface area contributed by atoms with Crippen LogP contribution in [0.15, 0.2) is 0 Å². The molecule has 0 atom stereocenters. The van der Waals surface area contributed by atoms with Crippen LogP contribution in [0.2, 0.25) is 0 Å². The molecule has 0 spiro atoms. The second-order valence-corrected chi connectivity index (χ2v) is 8.45. The zero-order chi connectivity index (χ0) is 16.9. The van der Waals surface area contributed by atoms with Gasteiger partial charge in [-0.3, -0.25) is 14.4 Å². The highest BCUT2D eigenvalue weighted by molar-refractivity contribution is 8.01. The third kappa shape index (κ3) is 6.25. The van der Waals surface area contributed by atoms with E-state index in [1.807, 2.05) is 20.8 Å². The van der Waals surface area contributed by atoms with Crippen LogP contribution in [0.5, 0.6) is 0 Å². The summed E-state index contributed by atoms with van der Waals surface area (Å²) in [7, 11) is 1.63. The summed E-state index contributed by atoms with van der Waals surface area (Å²) in [5, 5.41) is 8.95. The molecule has 1 N–H and O–H groups in total. The van der Waals surface area contributed by atoms with Crippen LogP contribution in [0.4, 0.5) is 0 Å². The van der Waals surface area contributed by atoms with Gasteiger partial charge < -0.3 is 14.9 Å². The minimum Gasteiger partial charge on any atom is -0.481 e. The molecule has 1 fully saturated rings. The molecule has 1 aliphatic heterocycles. The van der Waals surface area contributed by atoms with Gasteiger partial charge in [-0.1, -0.05) is 20.8 Å². The molecule has 0 saturated carbocycles. The summed E-state index contributed by atoms with van der Waals surface area (Å²) < 4.78 is 0.0131. The second-order valence-electron chi connectivity index (χ2n) is 6.64. The number of hydrogen-bond acceptors (Lipinski definition) is 4. The van der Waals surface area contributed by atoms with Crippen molar-refractivity contribution in [2.24, 2.45) is 5.92 Å². The van der Waals surface area contributed by atoms with Crippen molar-refractivity contribution in [3.8, 4) is 0 Å². The Labute approximate surface area is 136 Å². The highest BCUT2D eigenvalue weighted by Gasteiger charge is 2.28. The summed E-state index contributed by atoms with van der Waals surface area (Å²) in [4.78, 5) is 38.2. The van der Waals surface area contributed by atoms with Crippen LogP contribution in [-0.4, -0.2) is 69.9 Å². The predicted octanol–water partition coefficient (Wildman–Crippen LogP) is 1.30. The van der Waals surface area contributed by atoms with E-state index in [4.69, 9.17) is 5.11 Å². The van der Waals surface area contributed by atoms with Gasteiger partial charge in [-0.2, -0.15) is 0 Å². The lowest BCUT2D eigenvalue weighted by Gasteiger charge is -2.31. The van der Waals surface area contributed by atoms with Gasteiger partial charge in [-0.25, -0.2) is 0 Å². The van der Waals surface area contributed by atoms with Crippen molar-refractivity contribution in [1.29, 1.82) is 0 Å². The van der Waals surface area contributed by atoms with Crippen molar-refractivity contribution < 1.29 is 19.5 Å². The number of rotatable bonds is 5. The van der Waals surface area contributed by atoms with Crippen LogP contribution < -0.4 is 0 Å². The van der Waals surface area contributed by atoms with Crippen LogP contribution in [0.1, 0.15) is 33.6 Å². The number of carbonyl (C=O) groups excluding carboxylic acids is 2. The third-order valence-corrected chi connectivity index (χ3v) is 4.88. The fourth-order valence-corrected chi connectivity index (χ4v) is 2.93. The predicted molar refractivity (Wildman–Crippen MR) is 86.8 cm³/mol. The van der Waals surface area contributed by atoms with Crippen LogP contribution in [0, 0.1) is 5.92 Å². The monoisotopic (exact) mass is 330 g/mol. The first-order valence-electron chi connectivity index (χ1n) is 7.48. The first-order chi connectivity index (χ1) is 10.1. The van der Waals surface area contributed by atoms with E-state index in [0.717, 1.165) is 0 Å². The lowest BCUT2D eigenvalue weighted by atomic mass is 9.97. The number of likely N-dealkylation sites (tertiary alicyclic amines) is 1. The van der Waals surface area contributed by atoms with E-state index in [1.165, 1.54) is 4.90 Å². The number of carboxylic acid groups (broad SMARTS) is 1. The zero-order valence-corrected chi connectivity index (χ0v) is 14.6. The molecule has 1 aliphatic rings. The molecule has 126 valence electrons. The highest BCUT2D eigenvalue weighted by atomic mass is 32.2. The smallest absolute Gasteiger partial charge is 0.306 e. The molecule has 22 heavy (non-hydrogen) atoms. The molecular weight excluding hydrogens is 304 g/mol. The fourth-order valence-electron chi connectivity index (χ4n) is 2.16. The van der Waals surface area contributed by atoms with Crippen molar-refractivity contribution in [3.63, 3.8) is 0 Å². The van der Waals surface area contributed by atoms with E-state index in [-0.39, 0.29) is 29.0 Å². The van der Waals surface area contributed by atoms with Gasteiger partial charge >= 0.3 is 5.97 Å². The van der Waals surface area contributed by atoms with Crippen molar-refractivity contribution in [2.45, 2.75) is 38.4 Å². The van der Waals surface area contributed by atoms with E-state index in [2.05, 4.69) is 0 Å². The Hall–Kier alpha value is -1.24. The van der Waals surface area contributed by atoms with Crippen molar-refractivity contribution >= 4 is 29.5 Å².